The van der Waals surface area contributed by atoms with Crippen molar-refractivity contribution in [3.63, 3.8) is 0 Å². The Morgan fingerprint density at radius 1 is 1.19 bits per heavy atom. The molecule has 0 fully saturated rings. The van der Waals surface area contributed by atoms with Gasteiger partial charge >= 0.3 is 0 Å². The smallest absolute Gasteiger partial charge is 0.164 e. The predicted octanol–water partition coefficient (Wildman–Crippen LogP) is 1.69. The van der Waals surface area contributed by atoms with Crippen LogP contribution in [-0.4, -0.2) is 24.9 Å². The molecule has 0 aliphatic carbocycles. The number of rotatable bonds is 4. The van der Waals surface area contributed by atoms with Crippen LogP contribution in [0.3, 0.4) is 0 Å². The van der Waals surface area contributed by atoms with Crippen LogP contribution in [0.1, 0.15) is 19.4 Å². The molecule has 0 aliphatic heterocycles. The minimum absolute atomic E-state index is 0.177. The molecule has 0 bridgehead atoms. The summed E-state index contributed by atoms with van der Waals surface area (Å²) >= 11 is 0. The van der Waals surface area contributed by atoms with E-state index in [1.54, 1.807) is 19.2 Å². The fourth-order valence-electron chi connectivity index (χ4n) is 1.54. The lowest BCUT2D eigenvalue weighted by Gasteiger charge is -2.20. The third kappa shape index (κ3) is 3.03. The molecule has 0 aromatic heterocycles. The maximum Gasteiger partial charge on any atom is 0.164 e. The molecule has 0 unspecified atom stereocenters. The molecule has 16 heavy (non-hydrogen) atoms. The van der Waals surface area contributed by atoms with Gasteiger partial charge in [-0.1, -0.05) is 0 Å². The largest absolute Gasteiger partial charge is 0.508 e. The Morgan fingerprint density at radius 2 is 1.69 bits per heavy atom. The molecule has 3 N–H and O–H groups in total. The highest BCUT2D eigenvalue weighted by atomic mass is 16.5. The standard InChI is InChI=1S/C12H19NO3/c1-12(2,13)7-8-5-10(15-3)11(16-4)6-9(8)14/h5-6,14H,7,13H2,1-4H3. The number of nitrogens with two attached hydrogens (primary N) is 1. The van der Waals surface area contributed by atoms with Gasteiger partial charge in [0.25, 0.3) is 0 Å². The molecule has 0 amide bonds. The second-order valence-corrected chi connectivity index (χ2v) is 4.50. The Bertz CT molecular complexity index is 369. The minimum atomic E-state index is -0.378. The molecule has 1 aromatic carbocycles. The minimum Gasteiger partial charge on any atom is -0.508 e. The molecule has 0 atom stereocenters. The summed E-state index contributed by atoms with van der Waals surface area (Å²) in [5.74, 6) is 1.29. The first kappa shape index (κ1) is 12.6. The third-order valence-corrected chi connectivity index (χ3v) is 2.23. The lowest BCUT2D eigenvalue weighted by molar-refractivity contribution is 0.349. The topological polar surface area (TPSA) is 64.7 Å². The van der Waals surface area contributed by atoms with Gasteiger partial charge in [-0.05, 0) is 31.9 Å². The van der Waals surface area contributed by atoms with E-state index in [9.17, 15) is 5.11 Å². The third-order valence-electron chi connectivity index (χ3n) is 2.23. The summed E-state index contributed by atoms with van der Waals surface area (Å²) in [6, 6.07) is 3.29. The number of phenols is 1. The normalized spacial score (nSPS) is 11.3. The summed E-state index contributed by atoms with van der Waals surface area (Å²) < 4.78 is 10.3. The summed E-state index contributed by atoms with van der Waals surface area (Å²) in [5.41, 5.74) is 6.29. The molecule has 0 aliphatic rings. The van der Waals surface area contributed by atoms with Crippen LogP contribution in [0.5, 0.6) is 17.2 Å². The second kappa shape index (κ2) is 4.61. The number of ether oxygens (including phenoxy) is 2. The van der Waals surface area contributed by atoms with Crippen LogP contribution >= 0.6 is 0 Å². The van der Waals surface area contributed by atoms with E-state index in [4.69, 9.17) is 15.2 Å². The molecule has 90 valence electrons. The maximum absolute atomic E-state index is 9.81. The number of benzene rings is 1. The van der Waals surface area contributed by atoms with E-state index in [1.165, 1.54) is 7.11 Å². The average molecular weight is 225 g/mol. The molecule has 0 saturated heterocycles. The first-order chi connectivity index (χ1) is 7.37. The van der Waals surface area contributed by atoms with Crippen molar-refractivity contribution in [3.8, 4) is 17.2 Å². The quantitative estimate of drug-likeness (QED) is 0.818. The van der Waals surface area contributed by atoms with Gasteiger partial charge in [-0.2, -0.15) is 0 Å². The van der Waals surface area contributed by atoms with E-state index < -0.39 is 0 Å². The van der Waals surface area contributed by atoms with Crippen molar-refractivity contribution < 1.29 is 14.6 Å². The zero-order valence-electron chi connectivity index (χ0n) is 10.2. The van der Waals surface area contributed by atoms with Crippen molar-refractivity contribution in [3.05, 3.63) is 17.7 Å². The van der Waals surface area contributed by atoms with Crippen molar-refractivity contribution in [2.75, 3.05) is 14.2 Å². The lowest BCUT2D eigenvalue weighted by Crippen LogP contribution is -2.34. The second-order valence-electron chi connectivity index (χ2n) is 4.50. The fourth-order valence-corrected chi connectivity index (χ4v) is 1.54. The molecule has 4 heteroatoms. The Balaban J connectivity index is 3.11. The Hall–Kier alpha value is -1.42. The van der Waals surface area contributed by atoms with Crippen LogP contribution in [0.25, 0.3) is 0 Å². The van der Waals surface area contributed by atoms with Crippen LogP contribution in [-0.2, 0) is 6.42 Å². The van der Waals surface area contributed by atoms with Crippen molar-refractivity contribution in [1.82, 2.24) is 0 Å². The van der Waals surface area contributed by atoms with Gasteiger partial charge in [0.15, 0.2) is 11.5 Å². The summed E-state index contributed by atoms with van der Waals surface area (Å²) in [4.78, 5) is 0. The fraction of sp³-hybridized carbons (Fsp3) is 0.500. The summed E-state index contributed by atoms with van der Waals surface area (Å²) in [6.07, 6.45) is 0.569. The summed E-state index contributed by atoms with van der Waals surface area (Å²) in [7, 11) is 3.09. The highest BCUT2D eigenvalue weighted by Gasteiger charge is 2.17. The molecular weight excluding hydrogens is 206 g/mol. The highest BCUT2D eigenvalue weighted by molar-refractivity contribution is 5.50. The molecule has 0 saturated carbocycles. The van der Waals surface area contributed by atoms with Gasteiger partial charge in [-0.15, -0.1) is 0 Å². The number of hydrogen-bond acceptors (Lipinski definition) is 4. The van der Waals surface area contributed by atoms with Crippen molar-refractivity contribution in [2.45, 2.75) is 25.8 Å². The zero-order valence-corrected chi connectivity index (χ0v) is 10.2. The molecular formula is C12H19NO3. The van der Waals surface area contributed by atoms with Crippen molar-refractivity contribution in [2.24, 2.45) is 5.73 Å². The van der Waals surface area contributed by atoms with E-state index in [-0.39, 0.29) is 11.3 Å². The summed E-state index contributed by atoms with van der Waals surface area (Å²) in [6.45, 7) is 3.81. The summed E-state index contributed by atoms with van der Waals surface area (Å²) in [5, 5.41) is 9.81. The molecule has 0 spiro atoms. The Labute approximate surface area is 96.0 Å². The number of methoxy groups -OCH3 is 2. The maximum atomic E-state index is 9.81. The van der Waals surface area contributed by atoms with E-state index in [0.29, 0.717) is 17.9 Å². The molecule has 0 heterocycles. The zero-order chi connectivity index (χ0) is 12.3. The Morgan fingerprint density at radius 3 is 2.12 bits per heavy atom. The van der Waals surface area contributed by atoms with Crippen molar-refractivity contribution >= 4 is 0 Å². The molecule has 4 nitrogen and oxygen atoms in total. The van der Waals surface area contributed by atoms with Crippen molar-refractivity contribution in [1.29, 1.82) is 0 Å². The van der Waals surface area contributed by atoms with Crippen LogP contribution in [0.2, 0.25) is 0 Å². The molecule has 1 rings (SSSR count). The van der Waals surface area contributed by atoms with Gasteiger partial charge in [0.05, 0.1) is 14.2 Å². The van der Waals surface area contributed by atoms with E-state index >= 15 is 0 Å². The van der Waals surface area contributed by atoms with Gasteiger partial charge in [0.1, 0.15) is 5.75 Å². The van der Waals surface area contributed by atoms with Gasteiger partial charge in [-0.25, -0.2) is 0 Å². The monoisotopic (exact) mass is 225 g/mol. The highest BCUT2D eigenvalue weighted by Crippen LogP contribution is 2.35. The number of phenolic OH excluding ortho intramolecular Hbond substituents is 1. The van der Waals surface area contributed by atoms with Crippen LogP contribution in [0.15, 0.2) is 12.1 Å². The molecule has 1 aromatic rings. The van der Waals surface area contributed by atoms with E-state index in [0.717, 1.165) is 5.56 Å². The van der Waals surface area contributed by atoms with Gasteiger partial charge in [0, 0.05) is 11.6 Å². The first-order valence-electron chi connectivity index (χ1n) is 5.10. The SMILES string of the molecule is COc1cc(O)c(CC(C)(C)N)cc1OC. The van der Waals surface area contributed by atoms with Gasteiger partial charge < -0.3 is 20.3 Å². The lowest BCUT2D eigenvalue weighted by atomic mass is 9.95. The van der Waals surface area contributed by atoms with Crippen LogP contribution < -0.4 is 15.2 Å². The predicted molar refractivity (Wildman–Crippen MR) is 63.2 cm³/mol. The number of aromatic hydroxyl groups is 1. The first-order valence-corrected chi connectivity index (χ1v) is 5.10. The van der Waals surface area contributed by atoms with Crippen LogP contribution in [0.4, 0.5) is 0 Å². The van der Waals surface area contributed by atoms with Crippen LogP contribution in [0, 0.1) is 0 Å². The Kier molecular flexibility index (Phi) is 3.65. The van der Waals surface area contributed by atoms with E-state index in [2.05, 4.69) is 0 Å². The van der Waals surface area contributed by atoms with Gasteiger partial charge in [-0.3, -0.25) is 0 Å². The average Bonchev–Trinajstić information content (AvgIpc) is 2.18. The van der Waals surface area contributed by atoms with E-state index in [1.807, 2.05) is 13.8 Å². The van der Waals surface area contributed by atoms with Gasteiger partial charge in [0.2, 0.25) is 0 Å². The molecule has 0 radical (unpaired) electrons. The number of hydrogen-bond donors (Lipinski definition) is 2.